The van der Waals surface area contributed by atoms with E-state index in [1.807, 2.05) is 18.2 Å². The fourth-order valence-electron chi connectivity index (χ4n) is 2.53. The molecule has 2 aromatic heterocycles. The Labute approximate surface area is 148 Å². The molecule has 24 heavy (non-hydrogen) atoms. The third-order valence-electron chi connectivity index (χ3n) is 3.90. The van der Waals surface area contributed by atoms with Gasteiger partial charge in [0.25, 0.3) is 0 Å². The van der Waals surface area contributed by atoms with Crippen molar-refractivity contribution in [3.05, 3.63) is 41.0 Å². The molecule has 124 valence electrons. The summed E-state index contributed by atoms with van der Waals surface area (Å²) in [4.78, 5) is 0. The topological polar surface area (TPSA) is 69.6 Å². The van der Waals surface area contributed by atoms with Crippen LogP contribution in [-0.4, -0.2) is 25.0 Å². The highest BCUT2D eigenvalue weighted by atomic mass is 35.5. The molecule has 0 amide bonds. The minimum absolute atomic E-state index is 0.437. The standard InChI is InChI=1S/C16H16ClN5OS/c1-2-22-14(10-7-8-10)19-21-16(22)24-9-13-18-20-15(23-13)11-5-3-4-6-12(11)17/h3-6,10H,2,7-9H2,1H3. The predicted molar refractivity (Wildman–Crippen MR) is 92.0 cm³/mol. The van der Waals surface area contributed by atoms with Crippen molar-refractivity contribution in [2.24, 2.45) is 0 Å². The van der Waals surface area contributed by atoms with Gasteiger partial charge in [-0.25, -0.2) is 0 Å². The fraction of sp³-hybridized carbons (Fsp3) is 0.375. The number of hydrogen-bond acceptors (Lipinski definition) is 6. The first-order chi connectivity index (χ1) is 11.8. The SMILES string of the molecule is CCn1c(SCc2nnc(-c3ccccc3Cl)o2)nnc1C1CC1. The summed E-state index contributed by atoms with van der Waals surface area (Å²) in [5.74, 6) is 3.23. The van der Waals surface area contributed by atoms with Crippen molar-refractivity contribution < 1.29 is 4.42 Å². The average Bonchev–Trinajstić information content (AvgIpc) is 3.19. The van der Waals surface area contributed by atoms with Gasteiger partial charge in [-0.3, -0.25) is 0 Å². The summed E-state index contributed by atoms with van der Waals surface area (Å²) in [6, 6.07) is 7.43. The molecular weight excluding hydrogens is 346 g/mol. The number of halogens is 1. The van der Waals surface area contributed by atoms with Crippen LogP contribution < -0.4 is 0 Å². The number of thioether (sulfide) groups is 1. The van der Waals surface area contributed by atoms with E-state index in [0.29, 0.717) is 28.5 Å². The van der Waals surface area contributed by atoms with Crippen LogP contribution in [0, 0.1) is 0 Å². The molecule has 8 heteroatoms. The second-order valence-electron chi connectivity index (χ2n) is 5.63. The molecule has 6 nitrogen and oxygen atoms in total. The molecule has 1 saturated carbocycles. The lowest BCUT2D eigenvalue weighted by Gasteiger charge is -2.05. The summed E-state index contributed by atoms with van der Waals surface area (Å²) >= 11 is 7.73. The second kappa shape index (κ2) is 6.57. The van der Waals surface area contributed by atoms with Gasteiger partial charge in [0, 0.05) is 12.5 Å². The van der Waals surface area contributed by atoms with Crippen molar-refractivity contribution in [3.63, 3.8) is 0 Å². The molecule has 1 aliphatic rings. The molecule has 0 unspecified atom stereocenters. The van der Waals surface area contributed by atoms with E-state index >= 15 is 0 Å². The maximum Gasteiger partial charge on any atom is 0.249 e. The molecule has 1 fully saturated rings. The molecule has 0 bridgehead atoms. The predicted octanol–water partition coefficient (Wildman–Crippen LogP) is 4.17. The van der Waals surface area contributed by atoms with Crippen molar-refractivity contribution in [1.82, 2.24) is 25.0 Å². The fourth-order valence-corrected chi connectivity index (χ4v) is 3.59. The third kappa shape index (κ3) is 3.06. The largest absolute Gasteiger partial charge is 0.420 e. The lowest BCUT2D eigenvalue weighted by molar-refractivity contribution is 0.528. The zero-order chi connectivity index (χ0) is 16.5. The van der Waals surface area contributed by atoms with Gasteiger partial charge in [-0.15, -0.1) is 20.4 Å². The van der Waals surface area contributed by atoms with E-state index < -0.39 is 0 Å². The van der Waals surface area contributed by atoms with E-state index in [2.05, 4.69) is 31.9 Å². The molecule has 0 aliphatic heterocycles. The lowest BCUT2D eigenvalue weighted by atomic mass is 10.2. The van der Waals surface area contributed by atoms with Gasteiger partial charge in [-0.2, -0.15) is 0 Å². The highest BCUT2D eigenvalue weighted by Gasteiger charge is 2.30. The Kier molecular flexibility index (Phi) is 4.28. The molecule has 0 saturated heterocycles. The molecule has 0 N–H and O–H groups in total. The molecule has 1 aliphatic carbocycles. The first-order valence-electron chi connectivity index (χ1n) is 7.89. The summed E-state index contributed by atoms with van der Waals surface area (Å²) < 4.78 is 7.90. The van der Waals surface area contributed by atoms with Crippen LogP contribution in [0.25, 0.3) is 11.5 Å². The first kappa shape index (κ1) is 15.7. The quantitative estimate of drug-likeness (QED) is 0.613. The van der Waals surface area contributed by atoms with E-state index in [1.54, 1.807) is 17.8 Å². The summed E-state index contributed by atoms with van der Waals surface area (Å²) in [5.41, 5.74) is 0.746. The number of benzene rings is 1. The molecule has 0 atom stereocenters. The minimum atomic E-state index is 0.437. The van der Waals surface area contributed by atoms with E-state index in [9.17, 15) is 0 Å². The normalized spacial score (nSPS) is 14.2. The summed E-state index contributed by atoms with van der Waals surface area (Å²) in [5, 5.41) is 18.3. The van der Waals surface area contributed by atoms with Gasteiger partial charge in [-0.05, 0) is 31.9 Å². The van der Waals surface area contributed by atoms with E-state index in [4.69, 9.17) is 16.0 Å². The van der Waals surface area contributed by atoms with Gasteiger partial charge in [0.05, 0.1) is 16.3 Å². The van der Waals surface area contributed by atoms with Crippen molar-refractivity contribution in [2.75, 3.05) is 0 Å². The van der Waals surface area contributed by atoms with Crippen molar-refractivity contribution >= 4 is 23.4 Å². The Morgan fingerprint density at radius 3 is 2.79 bits per heavy atom. The monoisotopic (exact) mass is 361 g/mol. The molecule has 3 aromatic rings. The first-order valence-corrected chi connectivity index (χ1v) is 9.25. The summed E-state index contributed by atoms with van der Waals surface area (Å²) in [7, 11) is 0. The van der Waals surface area contributed by atoms with Crippen molar-refractivity contribution in [3.8, 4) is 11.5 Å². The van der Waals surface area contributed by atoms with Crippen LogP contribution in [0.2, 0.25) is 5.02 Å². The van der Waals surface area contributed by atoms with Gasteiger partial charge >= 0.3 is 0 Å². The van der Waals surface area contributed by atoms with Crippen molar-refractivity contribution in [2.45, 2.75) is 43.1 Å². The molecule has 0 spiro atoms. The van der Waals surface area contributed by atoms with Gasteiger partial charge in [0.1, 0.15) is 5.82 Å². The second-order valence-corrected chi connectivity index (χ2v) is 6.98. The van der Waals surface area contributed by atoms with Gasteiger partial charge < -0.3 is 8.98 Å². The minimum Gasteiger partial charge on any atom is -0.420 e. The maximum absolute atomic E-state index is 6.16. The van der Waals surface area contributed by atoms with Gasteiger partial charge in [-0.1, -0.05) is 35.5 Å². The van der Waals surface area contributed by atoms with Crippen LogP contribution in [0.15, 0.2) is 33.8 Å². The Morgan fingerprint density at radius 1 is 1.21 bits per heavy atom. The number of nitrogens with zero attached hydrogens (tertiary/aromatic N) is 5. The Balaban J connectivity index is 1.48. The third-order valence-corrected chi connectivity index (χ3v) is 5.18. The van der Waals surface area contributed by atoms with Gasteiger partial charge in [0.2, 0.25) is 11.8 Å². The number of aromatic nitrogens is 5. The number of hydrogen-bond donors (Lipinski definition) is 0. The maximum atomic E-state index is 6.16. The molecule has 2 heterocycles. The van der Waals surface area contributed by atoms with Crippen LogP contribution in [0.4, 0.5) is 0 Å². The smallest absolute Gasteiger partial charge is 0.249 e. The van der Waals surface area contributed by atoms with E-state index in [-0.39, 0.29) is 0 Å². The average molecular weight is 362 g/mol. The molecule has 0 radical (unpaired) electrons. The Hall–Kier alpha value is -1.86. The highest BCUT2D eigenvalue weighted by molar-refractivity contribution is 7.98. The van der Waals surface area contributed by atoms with E-state index in [1.165, 1.54) is 12.8 Å². The Bertz CT molecular complexity index is 858. The van der Waals surface area contributed by atoms with Crippen molar-refractivity contribution in [1.29, 1.82) is 0 Å². The number of rotatable bonds is 6. The Morgan fingerprint density at radius 2 is 2.04 bits per heavy atom. The zero-order valence-electron chi connectivity index (χ0n) is 13.1. The van der Waals surface area contributed by atoms with Crippen LogP contribution in [0.3, 0.4) is 0 Å². The molecule has 1 aromatic carbocycles. The van der Waals surface area contributed by atoms with Crippen LogP contribution in [0.5, 0.6) is 0 Å². The lowest BCUT2D eigenvalue weighted by Crippen LogP contribution is -2.02. The molecular formula is C16H16ClN5OS. The van der Waals surface area contributed by atoms with Gasteiger partial charge in [0.15, 0.2) is 5.16 Å². The summed E-state index contributed by atoms with van der Waals surface area (Å²) in [6.07, 6.45) is 2.43. The molecule has 4 rings (SSSR count). The summed E-state index contributed by atoms with van der Waals surface area (Å²) in [6.45, 7) is 2.98. The highest BCUT2D eigenvalue weighted by Crippen LogP contribution is 2.40. The zero-order valence-corrected chi connectivity index (χ0v) is 14.7. The van der Waals surface area contributed by atoms with E-state index in [0.717, 1.165) is 23.1 Å². The van der Waals surface area contributed by atoms with Crippen LogP contribution >= 0.6 is 23.4 Å². The van der Waals surface area contributed by atoms with Crippen LogP contribution in [0.1, 0.15) is 37.4 Å². The van der Waals surface area contributed by atoms with Crippen LogP contribution in [-0.2, 0) is 12.3 Å².